The van der Waals surface area contributed by atoms with Crippen LogP contribution in [0.15, 0.2) is 24.3 Å². The topological polar surface area (TPSA) is 59.6 Å². The molecule has 2 heterocycles. The first-order valence-electron chi connectivity index (χ1n) is 9.14. The van der Waals surface area contributed by atoms with Gasteiger partial charge in [0.05, 0.1) is 19.2 Å². The third kappa shape index (κ3) is 5.30. The van der Waals surface area contributed by atoms with E-state index in [9.17, 15) is 13.6 Å². The van der Waals surface area contributed by atoms with Gasteiger partial charge in [-0.15, -0.1) is 12.4 Å². The second-order valence-electron chi connectivity index (χ2n) is 7.06. The fraction of sp³-hybridized carbons (Fsp3) is 0.632. The normalized spacial score (nSPS) is 23.3. The number of hydrogen-bond acceptors (Lipinski definition) is 4. The summed E-state index contributed by atoms with van der Waals surface area (Å²) in [6, 6.07) is 7.06. The zero-order chi connectivity index (χ0) is 18.6. The van der Waals surface area contributed by atoms with Crippen molar-refractivity contribution in [3.05, 3.63) is 29.8 Å². The molecule has 0 radical (unpaired) electrons. The lowest BCUT2D eigenvalue weighted by atomic mass is 9.74. The van der Waals surface area contributed by atoms with Gasteiger partial charge in [-0.2, -0.15) is 0 Å². The van der Waals surface area contributed by atoms with Crippen LogP contribution in [0.4, 0.5) is 8.78 Å². The number of alkyl halides is 2. The van der Waals surface area contributed by atoms with Crippen molar-refractivity contribution in [2.75, 3.05) is 32.9 Å². The summed E-state index contributed by atoms with van der Waals surface area (Å²) in [6.07, 6.45) is 1.10. The summed E-state index contributed by atoms with van der Waals surface area (Å²) in [6.45, 7) is 3.74. The Labute approximate surface area is 164 Å². The van der Waals surface area contributed by atoms with Gasteiger partial charge in [0.25, 0.3) is 5.92 Å². The van der Waals surface area contributed by atoms with Crippen molar-refractivity contribution in [2.24, 2.45) is 0 Å². The molecule has 152 valence electrons. The highest BCUT2D eigenvalue weighted by Crippen LogP contribution is 2.35. The van der Waals surface area contributed by atoms with Crippen molar-refractivity contribution in [2.45, 2.75) is 43.6 Å². The lowest BCUT2D eigenvalue weighted by Gasteiger charge is -2.38. The first-order chi connectivity index (χ1) is 12.4. The average molecular weight is 405 g/mol. The quantitative estimate of drug-likeness (QED) is 0.765. The second-order valence-corrected chi connectivity index (χ2v) is 7.06. The number of carbonyl (C=O) groups excluding carboxylic acids is 1. The highest BCUT2D eigenvalue weighted by Gasteiger charge is 2.43. The zero-order valence-electron chi connectivity index (χ0n) is 15.4. The van der Waals surface area contributed by atoms with Crippen LogP contribution in [0.3, 0.4) is 0 Å². The van der Waals surface area contributed by atoms with Crippen LogP contribution in [0.1, 0.15) is 31.7 Å². The number of rotatable bonds is 6. The molecule has 5 nitrogen and oxygen atoms in total. The second kappa shape index (κ2) is 9.17. The molecule has 1 atom stereocenters. The summed E-state index contributed by atoms with van der Waals surface area (Å²) in [5.74, 6) is -2.37. The van der Waals surface area contributed by atoms with E-state index >= 15 is 0 Å². The highest BCUT2D eigenvalue weighted by atomic mass is 35.5. The molecule has 0 aliphatic carbocycles. The minimum Gasteiger partial charge on any atom is -0.494 e. The standard InChI is InChI=1S/C19H26F2N2O3.ClH/c1-2-26-15-5-3-14(4-6-15)18(7-9-25-10-8-18)12-23-17(24)16-11-19(20,21)13-22-16;/h3-6,16,22H,2,7-13H2,1H3,(H,23,24);1H. The van der Waals surface area contributed by atoms with Gasteiger partial charge in [-0.25, -0.2) is 8.78 Å². The molecule has 0 aromatic heterocycles. The van der Waals surface area contributed by atoms with E-state index in [-0.39, 0.29) is 23.7 Å². The summed E-state index contributed by atoms with van der Waals surface area (Å²) in [5.41, 5.74) is 0.856. The van der Waals surface area contributed by atoms with Gasteiger partial charge in [-0.1, -0.05) is 12.1 Å². The van der Waals surface area contributed by atoms with Gasteiger partial charge in [-0.3, -0.25) is 10.1 Å². The number of halogens is 3. The number of ether oxygens (including phenoxy) is 2. The van der Waals surface area contributed by atoms with Crippen LogP contribution in [0.2, 0.25) is 0 Å². The third-order valence-electron chi connectivity index (χ3n) is 5.25. The van der Waals surface area contributed by atoms with Crippen molar-refractivity contribution in [1.82, 2.24) is 10.6 Å². The zero-order valence-corrected chi connectivity index (χ0v) is 16.2. The van der Waals surface area contributed by atoms with Gasteiger partial charge in [-0.05, 0) is 37.5 Å². The Morgan fingerprint density at radius 2 is 1.96 bits per heavy atom. The Hall–Kier alpha value is -1.44. The molecule has 1 aromatic rings. The molecule has 8 heteroatoms. The molecule has 0 spiro atoms. The van der Waals surface area contributed by atoms with Crippen LogP contribution in [0.25, 0.3) is 0 Å². The number of carbonyl (C=O) groups is 1. The summed E-state index contributed by atoms with van der Waals surface area (Å²) >= 11 is 0. The van der Waals surface area contributed by atoms with E-state index in [2.05, 4.69) is 10.6 Å². The van der Waals surface area contributed by atoms with E-state index in [0.29, 0.717) is 26.4 Å². The smallest absolute Gasteiger partial charge is 0.262 e. The summed E-state index contributed by atoms with van der Waals surface area (Å²) in [5, 5.41) is 5.49. The van der Waals surface area contributed by atoms with Crippen LogP contribution in [0, 0.1) is 0 Å². The number of amides is 1. The van der Waals surface area contributed by atoms with Gasteiger partial charge in [0.2, 0.25) is 5.91 Å². The maximum absolute atomic E-state index is 13.3. The van der Waals surface area contributed by atoms with Gasteiger partial charge in [0, 0.05) is 31.6 Å². The van der Waals surface area contributed by atoms with Crippen molar-refractivity contribution < 1.29 is 23.0 Å². The van der Waals surface area contributed by atoms with Crippen molar-refractivity contribution >= 4 is 18.3 Å². The Morgan fingerprint density at radius 3 is 2.52 bits per heavy atom. The molecule has 0 saturated carbocycles. The van der Waals surface area contributed by atoms with Gasteiger partial charge >= 0.3 is 0 Å². The van der Waals surface area contributed by atoms with E-state index in [4.69, 9.17) is 9.47 Å². The summed E-state index contributed by atoms with van der Waals surface area (Å²) < 4.78 is 37.6. The Morgan fingerprint density at radius 1 is 1.30 bits per heavy atom. The number of benzene rings is 1. The van der Waals surface area contributed by atoms with Crippen molar-refractivity contribution in [3.63, 3.8) is 0 Å². The largest absolute Gasteiger partial charge is 0.494 e. The first-order valence-corrected chi connectivity index (χ1v) is 9.14. The number of nitrogens with one attached hydrogen (secondary N) is 2. The van der Waals surface area contributed by atoms with Crippen LogP contribution >= 0.6 is 12.4 Å². The molecule has 3 rings (SSSR count). The molecule has 2 saturated heterocycles. The molecule has 27 heavy (non-hydrogen) atoms. The summed E-state index contributed by atoms with van der Waals surface area (Å²) in [7, 11) is 0. The molecule has 2 aliphatic rings. The SMILES string of the molecule is CCOc1ccc(C2(CNC(=O)C3CC(F)(F)CN3)CCOCC2)cc1.Cl. The molecular weight excluding hydrogens is 378 g/mol. The molecule has 1 unspecified atom stereocenters. The van der Waals surface area contributed by atoms with Crippen LogP contribution < -0.4 is 15.4 Å². The number of hydrogen-bond donors (Lipinski definition) is 2. The van der Waals surface area contributed by atoms with E-state index in [0.717, 1.165) is 24.2 Å². The minimum atomic E-state index is -2.81. The fourth-order valence-corrected chi connectivity index (χ4v) is 3.68. The Kier molecular flexibility index (Phi) is 7.42. The predicted molar refractivity (Wildman–Crippen MR) is 101 cm³/mol. The molecule has 1 aromatic carbocycles. The Bertz CT molecular complexity index is 622. The van der Waals surface area contributed by atoms with E-state index in [1.807, 2.05) is 31.2 Å². The maximum atomic E-state index is 13.3. The van der Waals surface area contributed by atoms with Crippen LogP contribution in [-0.4, -0.2) is 50.8 Å². The lowest BCUT2D eigenvalue weighted by molar-refractivity contribution is -0.123. The van der Waals surface area contributed by atoms with Crippen molar-refractivity contribution in [3.8, 4) is 5.75 Å². The molecule has 2 aliphatic heterocycles. The van der Waals surface area contributed by atoms with Crippen LogP contribution in [-0.2, 0) is 14.9 Å². The van der Waals surface area contributed by atoms with Gasteiger partial charge in [0.15, 0.2) is 0 Å². The molecule has 2 fully saturated rings. The van der Waals surface area contributed by atoms with E-state index in [1.165, 1.54) is 0 Å². The monoisotopic (exact) mass is 404 g/mol. The first kappa shape index (κ1) is 21.9. The molecular formula is C19H27ClF2N2O3. The molecule has 2 N–H and O–H groups in total. The Balaban J connectivity index is 0.00000261. The highest BCUT2D eigenvalue weighted by molar-refractivity contribution is 5.85. The van der Waals surface area contributed by atoms with E-state index < -0.39 is 24.9 Å². The van der Waals surface area contributed by atoms with Crippen LogP contribution in [0.5, 0.6) is 5.75 Å². The van der Waals surface area contributed by atoms with Crippen molar-refractivity contribution in [1.29, 1.82) is 0 Å². The average Bonchev–Trinajstić information content (AvgIpc) is 3.01. The van der Waals surface area contributed by atoms with E-state index in [1.54, 1.807) is 0 Å². The minimum absolute atomic E-state index is 0. The maximum Gasteiger partial charge on any atom is 0.262 e. The molecule has 1 amide bonds. The summed E-state index contributed by atoms with van der Waals surface area (Å²) in [4.78, 5) is 12.3. The third-order valence-corrected chi connectivity index (χ3v) is 5.25. The predicted octanol–water partition coefficient (Wildman–Crippen LogP) is 2.67. The van der Waals surface area contributed by atoms with Gasteiger partial charge < -0.3 is 14.8 Å². The molecule has 0 bridgehead atoms. The van der Waals surface area contributed by atoms with Gasteiger partial charge in [0.1, 0.15) is 5.75 Å². The fourth-order valence-electron chi connectivity index (χ4n) is 3.68. The lowest BCUT2D eigenvalue weighted by Crippen LogP contribution is -2.48.